The zero-order valence-corrected chi connectivity index (χ0v) is 6.30. The number of aromatic nitrogens is 2. The lowest BCUT2D eigenvalue weighted by molar-refractivity contribution is 0.992. The van der Waals surface area contributed by atoms with E-state index in [0.717, 1.165) is 0 Å². The normalized spacial score (nSPS) is 9.18. The number of nitrogens with zero attached hydrogens (tertiary/aromatic N) is 2. The van der Waals surface area contributed by atoms with Gasteiger partial charge in [-0.05, 0) is 13.8 Å². The Bertz CT molecular complexity index is 372. The van der Waals surface area contributed by atoms with Crippen molar-refractivity contribution in [2.75, 3.05) is 0 Å². The van der Waals surface area contributed by atoms with E-state index in [1.807, 2.05) is 0 Å². The lowest BCUT2D eigenvalue weighted by Gasteiger charge is -1.95. The number of rotatable bonds is 0. The smallest absolute Gasteiger partial charge is 0.271 e. The molecule has 1 aromatic rings. The van der Waals surface area contributed by atoms with Gasteiger partial charge in [0.25, 0.3) is 11.2 Å². The highest BCUT2D eigenvalue weighted by Crippen LogP contribution is 2.07. The molecule has 0 bridgehead atoms. The maximum absolute atomic E-state index is 11.0. The molecule has 0 fully saturated rings. The van der Waals surface area contributed by atoms with Crippen LogP contribution < -0.4 is 5.56 Å². The van der Waals surface area contributed by atoms with Gasteiger partial charge in [-0.15, -0.1) is 0 Å². The van der Waals surface area contributed by atoms with E-state index in [1.54, 1.807) is 13.8 Å². The van der Waals surface area contributed by atoms with Crippen LogP contribution in [-0.4, -0.2) is 9.97 Å². The first-order valence-corrected chi connectivity index (χ1v) is 3.10. The van der Waals surface area contributed by atoms with Crippen molar-refractivity contribution in [3.63, 3.8) is 0 Å². The Morgan fingerprint density at radius 3 is 2.64 bits per heavy atom. The van der Waals surface area contributed by atoms with E-state index < -0.39 is 0 Å². The Kier molecular flexibility index (Phi) is 1.73. The summed E-state index contributed by atoms with van der Waals surface area (Å²) < 4.78 is 0. The maximum atomic E-state index is 11.0. The molecule has 1 heterocycles. The fourth-order valence-corrected chi connectivity index (χ4v) is 0.852. The second-order valence-corrected chi connectivity index (χ2v) is 2.20. The van der Waals surface area contributed by atoms with Gasteiger partial charge in [-0.25, -0.2) is 4.85 Å². The summed E-state index contributed by atoms with van der Waals surface area (Å²) in [6.07, 6.45) is 0. The average Bonchev–Trinajstić information content (AvgIpc) is 1.85. The number of aromatic amines is 1. The third kappa shape index (κ3) is 1.27. The summed E-state index contributed by atoms with van der Waals surface area (Å²) in [4.78, 5) is 20.4. The van der Waals surface area contributed by atoms with Gasteiger partial charge >= 0.3 is 0 Å². The van der Waals surface area contributed by atoms with Crippen molar-refractivity contribution in [2.24, 2.45) is 0 Å². The zero-order valence-electron chi connectivity index (χ0n) is 6.30. The molecular formula is C7H7N3O. The van der Waals surface area contributed by atoms with Crippen LogP contribution in [-0.2, 0) is 0 Å². The fourth-order valence-electron chi connectivity index (χ4n) is 0.852. The molecule has 0 atom stereocenters. The second-order valence-electron chi connectivity index (χ2n) is 2.20. The Morgan fingerprint density at radius 1 is 1.55 bits per heavy atom. The van der Waals surface area contributed by atoms with Crippen LogP contribution in [0, 0.1) is 20.4 Å². The quantitative estimate of drug-likeness (QED) is 0.558. The Hall–Kier alpha value is -1.63. The SMILES string of the molecule is [C-]#[N+]c1c(C)nc(C)[nH]c1=O. The first-order valence-electron chi connectivity index (χ1n) is 3.10. The highest BCUT2D eigenvalue weighted by atomic mass is 16.1. The summed E-state index contributed by atoms with van der Waals surface area (Å²) >= 11 is 0. The van der Waals surface area contributed by atoms with Crippen LogP contribution in [0.15, 0.2) is 4.79 Å². The van der Waals surface area contributed by atoms with E-state index in [4.69, 9.17) is 6.57 Å². The summed E-state index contributed by atoms with van der Waals surface area (Å²) in [5, 5.41) is 0. The largest absolute Gasteiger partial charge is 0.320 e. The molecule has 0 saturated carbocycles. The van der Waals surface area contributed by atoms with E-state index in [9.17, 15) is 4.79 Å². The van der Waals surface area contributed by atoms with Crippen LogP contribution in [0.25, 0.3) is 4.85 Å². The highest BCUT2D eigenvalue weighted by molar-refractivity contribution is 5.45. The summed E-state index contributed by atoms with van der Waals surface area (Å²) in [7, 11) is 0. The van der Waals surface area contributed by atoms with Crippen molar-refractivity contribution in [3.8, 4) is 0 Å². The van der Waals surface area contributed by atoms with Crippen LogP contribution >= 0.6 is 0 Å². The molecule has 1 aromatic heterocycles. The van der Waals surface area contributed by atoms with Crippen molar-refractivity contribution in [1.29, 1.82) is 0 Å². The molecule has 0 aliphatic heterocycles. The predicted molar refractivity (Wildman–Crippen MR) is 40.6 cm³/mol. The monoisotopic (exact) mass is 149 g/mol. The van der Waals surface area contributed by atoms with Gasteiger partial charge < -0.3 is 4.98 Å². The molecule has 4 nitrogen and oxygen atoms in total. The van der Waals surface area contributed by atoms with Gasteiger partial charge in [0.1, 0.15) is 5.82 Å². The minimum absolute atomic E-state index is 0.0793. The molecule has 1 N–H and O–H groups in total. The van der Waals surface area contributed by atoms with Crippen LogP contribution in [0.2, 0.25) is 0 Å². The van der Waals surface area contributed by atoms with Crippen molar-refractivity contribution in [2.45, 2.75) is 13.8 Å². The summed E-state index contributed by atoms with van der Waals surface area (Å²) in [6.45, 7) is 9.99. The molecule has 0 radical (unpaired) electrons. The highest BCUT2D eigenvalue weighted by Gasteiger charge is 2.03. The third-order valence-electron chi connectivity index (χ3n) is 1.30. The third-order valence-corrected chi connectivity index (χ3v) is 1.30. The molecule has 0 spiro atoms. The summed E-state index contributed by atoms with van der Waals surface area (Å²) in [5.74, 6) is 0.542. The van der Waals surface area contributed by atoms with Gasteiger partial charge in [-0.2, -0.15) is 0 Å². The van der Waals surface area contributed by atoms with E-state index in [-0.39, 0.29) is 11.2 Å². The predicted octanol–water partition coefficient (Wildman–Crippen LogP) is 0.938. The van der Waals surface area contributed by atoms with E-state index in [1.165, 1.54) is 0 Å². The molecule has 4 heteroatoms. The first-order chi connectivity index (χ1) is 5.15. The average molecular weight is 149 g/mol. The van der Waals surface area contributed by atoms with Crippen LogP contribution in [0.1, 0.15) is 11.5 Å². The number of hydrogen-bond donors (Lipinski definition) is 1. The second kappa shape index (κ2) is 2.54. The van der Waals surface area contributed by atoms with Gasteiger partial charge in [-0.3, -0.25) is 9.78 Å². The first kappa shape index (κ1) is 7.48. The van der Waals surface area contributed by atoms with Gasteiger partial charge in [-0.1, -0.05) is 0 Å². The van der Waals surface area contributed by atoms with Gasteiger partial charge in [0.05, 0.1) is 12.3 Å². The van der Waals surface area contributed by atoms with Crippen molar-refractivity contribution in [1.82, 2.24) is 9.97 Å². The van der Waals surface area contributed by atoms with E-state index >= 15 is 0 Å². The van der Waals surface area contributed by atoms with Crippen molar-refractivity contribution in [3.05, 3.63) is 33.3 Å². The molecular weight excluding hydrogens is 142 g/mol. The molecule has 0 amide bonds. The zero-order chi connectivity index (χ0) is 8.43. The number of aryl methyl sites for hydroxylation is 2. The molecule has 11 heavy (non-hydrogen) atoms. The summed E-state index contributed by atoms with van der Waals surface area (Å²) in [6, 6.07) is 0. The minimum Gasteiger partial charge on any atom is -0.320 e. The molecule has 56 valence electrons. The lowest BCUT2D eigenvalue weighted by Crippen LogP contribution is -2.09. The Labute approximate surface area is 63.7 Å². The number of hydrogen-bond acceptors (Lipinski definition) is 2. The number of H-pyrrole nitrogens is 1. The molecule has 1 rings (SSSR count). The Balaban J connectivity index is 3.53. The molecule has 0 aromatic carbocycles. The van der Waals surface area contributed by atoms with Crippen LogP contribution in [0.5, 0.6) is 0 Å². The van der Waals surface area contributed by atoms with E-state index in [2.05, 4.69) is 14.8 Å². The lowest BCUT2D eigenvalue weighted by atomic mass is 10.4. The van der Waals surface area contributed by atoms with Crippen LogP contribution in [0.3, 0.4) is 0 Å². The standard InChI is InChI=1S/C7H7N3O/c1-4-6(8-3)7(11)10-5(2)9-4/h1-2H3,(H,9,10,11). The van der Waals surface area contributed by atoms with Crippen molar-refractivity contribution >= 4 is 5.69 Å². The number of nitrogens with one attached hydrogen (secondary N) is 1. The minimum atomic E-state index is -0.356. The maximum Gasteiger partial charge on any atom is 0.271 e. The molecule has 0 unspecified atom stereocenters. The van der Waals surface area contributed by atoms with Gasteiger partial charge in [0, 0.05) is 0 Å². The van der Waals surface area contributed by atoms with Gasteiger partial charge in [0.15, 0.2) is 0 Å². The summed E-state index contributed by atoms with van der Waals surface area (Å²) in [5.41, 5.74) is 0.210. The topological polar surface area (TPSA) is 50.1 Å². The Morgan fingerprint density at radius 2 is 2.18 bits per heavy atom. The molecule has 0 aliphatic carbocycles. The van der Waals surface area contributed by atoms with Crippen molar-refractivity contribution < 1.29 is 0 Å². The van der Waals surface area contributed by atoms with E-state index in [0.29, 0.717) is 11.5 Å². The molecule has 0 aliphatic rings. The van der Waals surface area contributed by atoms with Crippen LogP contribution in [0.4, 0.5) is 5.69 Å². The molecule has 0 saturated heterocycles. The van der Waals surface area contributed by atoms with Gasteiger partial charge in [0.2, 0.25) is 0 Å². The fraction of sp³-hybridized carbons (Fsp3) is 0.286.